The molecule has 14 heavy (non-hydrogen) atoms. The maximum absolute atomic E-state index is 5.27. The summed E-state index contributed by atoms with van der Waals surface area (Å²) in [7, 11) is 2.03. The van der Waals surface area contributed by atoms with Crippen LogP contribution in [0.25, 0.3) is 0 Å². The monoisotopic (exact) mass is 239 g/mol. The number of epoxide rings is 1. The predicted octanol–water partition coefficient (Wildman–Crippen LogP) is 2.34. The number of alkyl halides is 1. The molecule has 0 N–H and O–H groups in total. The van der Waals surface area contributed by atoms with E-state index in [1.54, 1.807) is 0 Å². The van der Waals surface area contributed by atoms with Crippen LogP contribution < -0.4 is 0 Å². The summed E-state index contributed by atoms with van der Waals surface area (Å²) in [6.45, 7) is 9.97. The van der Waals surface area contributed by atoms with Gasteiger partial charge in [0.2, 0.25) is 0 Å². The molecule has 0 spiro atoms. The lowest BCUT2D eigenvalue weighted by atomic mass is 10.5. The molecular formula is C10H19Cl2NO. The molecule has 1 aliphatic rings. The van der Waals surface area contributed by atoms with Crippen LogP contribution in [0.15, 0.2) is 25.3 Å². The van der Waals surface area contributed by atoms with E-state index in [2.05, 4.69) is 18.1 Å². The van der Waals surface area contributed by atoms with E-state index in [-0.39, 0.29) is 12.4 Å². The number of nitrogens with zero attached hydrogens (tertiary/aromatic N) is 1. The second-order valence-corrected chi connectivity index (χ2v) is 3.22. The SMILES string of the molecule is C=CCN(C)CC=C.Cl.ClCC1CO1. The second-order valence-electron chi connectivity index (χ2n) is 2.91. The molecule has 0 saturated carbocycles. The van der Waals surface area contributed by atoms with Gasteiger partial charge in [-0.15, -0.1) is 37.2 Å². The van der Waals surface area contributed by atoms with Gasteiger partial charge < -0.3 is 4.74 Å². The third kappa shape index (κ3) is 12.0. The lowest BCUT2D eigenvalue weighted by Gasteiger charge is -2.09. The van der Waals surface area contributed by atoms with Gasteiger partial charge in [0, 0.05) is 13.1 Å². The number of halogens is 2. The summed E-state index contributed by atoms with van der Waals surface area (Å²) in [5.74, 6) is 0.667. The van der Waals surface area contributed by atoms with Gasteiger partial charge in [-0.1, -0.05) is 12.2 Å². The number of rotatable bonds is 5. The van der Waals surface area contributed by atoms with Gasteiger partial charge in [-0.05, 0) is 7.05 Å². The highest BCUT2D eigenvalue weighted by atomic mass is 35.5. The summed E-state index contributed by atoms with van der Waals surface area (Å²) in [4.78, 5) is 2.12. The fourth-order valence-electron chi connectivity index (χ4n) is 0.672. The number of likely N-dealkylation sites (N-methyl/N-ethyl adjacent to an activating group) is 1. The molecule has 1 saturated heterocycles. The first-order chi connectivity index (χ1) is 6.24. The summed E-state index contributed by atoms with van der Waals surface area (Å²) in [6, 6.07) is 0. The molecule has 1 atom stereocenters. The highest BCUT2D eigenvalue weighted by Crippen LogP contribution is 2.08. The molecule has 0 aromatic rings. The number of hydrogen-bond acceptors (Lipinski definition) is 2. The van der Waals surface area contributed by atoms with Crippen molar-refractivity contribution in [3.05, 3.63) is 25.3 Å². The molecule has 1 aliphatic heterocycles. The Hall–Kier alpha value is -0.0200. The molecule has 4 heteroatoms. The van der Waals surface area contributed by atoms with Gasteiger partial charge in [-0.25, -0.2) is 0 Å². The molecule has 1 fully saturated rings. The topological polar surface area (TPSA) is 15.8 Å². The summed E-state index contributed by atoms with van der Waals surface area (Å²) in [5.41, 5.74) is 0. The molecule has 0 bridgehead atoms. The van der Waals surface area contributed by atoms with Crippen molar-refractivity contribution in [1.29, 1.82) is 0 Å². The number of ether oxygens (including phenoxy) is 1. The molecule has 2 nitrogen and oxygen atoms in total. The lowest BCUT2D eigenvalue weighted by molar-refractivity contribution is 0.413. The van der Waals surface area contributed by atoms with Gasteiger partial charge in [-0.2, -0.15) is 0 Å². The average molecular weight is 240 g/mol. The zero-order chi connectivity index (χ0) is 10.1. The summed E-state index contributed by atoms with van der Waals surface area (Å²) in [6.07, 6.45) is 4.16. The first-order valence-corrected chi connectivity index (χ1v) is 4.86. The van der Waals surface area contributed by atoms with E-state index >= 15 is 0 Å². The maximum Gasteiger partial charge on any atom is 0.0944 e. The summed E-state index contributed by atoms with van der Waals surface area (Å²) in [5, 5.41) is 0. The fourth-order valence-corrected chi connectivity index (χ4v) is 0.851. The summed E-state index contributed by atoms with van der Waals surface area (Å²) < 4.78 is 4.73. The molecule has 84 valence electrons. The van der Waals surface area contributed by atoms with Crippen LogP contribution in [0, 0.1) is 0 Å². The van der Waals surface area contributed by atoms with Crippen molar-refractivity contribution in [3.63, 3.8) is 0 Å². The van der Waals surface area contributed by atoms with Crippen LogP contribution in [0.5, 0.6) is 0 Å². The van der Waals surface area contributed by atoms with Crippen LogP contribution in [0.2, 0.25) is 0 Å². The molecule has 1 unspecified atom stereocenters. The van der Waals surface area contributed by atoms with Crippen molar-refractivity contribution in [2.24, 2.45) is 0 Å². The highest BCUT2D eigenvalue weighted by molar-refractivity contribution is 6.18. The van der Waals surface area contributed by atoms with Crippen LogP contribution in [0.1, 0.15) is 0 Å². The standard InChI is InChI=1S/C7H13N.C3H5ClO.ClH/c1-4-6-8(3)7-5-2;4-1-3-2-5-3;/h4-5H,1-2,6-7H2,3H3;3H,1-2H2;1H. The van der Waals surface area contributed by atoms with Crippen molar-refractivity contribution < 1.29 is 4.74 Å². The minimum absolute atomic E-state index is 0. The molecule has 0 aromatic heterocycles. The van der Waals surface area contributed by atoms with E-state index in [1.165, 1.54) is 0 Å². The highest BCUT2D eigenvalue weighted by Gasteiger charge is 2.19. The van der Waals surface area contributed by atoms with Gasteiger partial charge in [-0.3, -0.25) is 4.90 Å². The molecular weight excluding hydrogens is 221 g/mol. The largest absolute Gasteiger partial charge is 0.372 e. The van der Waals surface area contributed by atoms with Crippen molar-refractivity contribution in [2.45, 2.75) is 6.10 Å². The van der Waals surface area contributed by atoms with Gasteiger partial charge in [0.05, 0.1) is 18.6 Å². The Kier molecular flexibility index (Phi) is 13.0. The Balaban J connectivity index is 0. The number of hydrogen-bond donors (Lipinski definition) is 0. The lowest BCUT2D eigenvalue weighted by Crippen LogP contribution is -2.17. The Morgan fingerprint density at radius 3 is 2.00 bits per heavy atom. The Morgan fingerprint density at radius 1 is 1.43 bits per heavy atom. The summed E-state index contributed by atoms with van der Waals surface area (Å²) >= 11 is 5.27. The first-order valence-electron chi connectivity index (χ1n) is 4.32. The van der Waals surface area contributed by atoms with Crippen LogP contribution in [-0.4, -0.2) is 43.6 Å². The van der Waals surface area contributed by atoms with E-state index < -0.39 is 0 Å². The Labute approximate surface area is 98.0 Å². The average Bonchev–Trinajstić information content (AvgIpc) is 2.88. The quantitative estimate of drug-likeness (QED) is 0.416. The minimum atomic E-state index is 0. The smallest absolute Gasteiger partial charge is 0.0944 e. The predicted molar refractivity (Wildman–Crippen MR) is 65.6 cm³/mol. The normalized spacial score (nSPS) is 17.5. The molecule has 0 amide bonds. The zero-order valence-corrected chi connectivity index (χ0v) is 10.2. The molecule has 0 aromatic carbocycles. The van der Waals surface area contributed by atoms with E-state index in [1.807, 2.05) is 19.2 Å². The van der Waals surface area contributed by atoms with Crippen LogP contribution in [0.3, 0.4) is 0 Å². The molecule has 0 aliphatic carbocycles. The second kappa shape index (κ2) is 11.1. The first kappa shape index (κ1) is 16.4. The van der Waals surface area contributed by atoms with Crippen LogP contribution >= 0.6 is 24.0 Å². The van der Waals surface area contributed by atoms with Crippen molar-refractivity contribution >= 4 is 24.0 Å². The van der Waals surface area contributed by atoms with Crippen molar-refractivity contribution in [2.75, 3.05) is 32.6 Å². The van der Waals surface area contributed by atoms with Crippen molar-refractivity contribution in [3.8, 4) is 0 Å². The fraction of sp³-hybridized carbons (Fsp3) is 0.600. The third-order valence-corrected chi connectivity index (χ3v) is 1.80. The minimum Gasteiger partial charge on any atom is -0.372 e. The van der Waals surface area contributed by atoms with E-state index in [0.717, 1.165) is 19.7 Å². The molecule has 1 heterocycles. The van der Waals surface area contributed by atoms with Gasteiger partial charge in [0.15, 0.2) is 0 Å². The van der Waals surface area contributed by atoms with Gasteiger partial charge >= 0.3 is 0 Å². The Bertz CT molecular complexity index is 139. The van der Waals surface area contributed by atoms with Crippen LogP contribution in [0.4, 0.5) is 0 Å². The van der Waals surface area contributed by atoms with Crippen LogP contribution in [-0.2, 0) is 4.74 Å². The Morgan fingerprint density at radius 2 is 1.86 bits per heavy atom. The van der Waals surface area contributed by atoms with E-state index in [0.29, 0.717) is 12.0 Å². The third-order valence-electron chi connectivity index (χ3n) is 1.46. The zero-order valence-electron chi connectivity index (χ0n) is 8.62. The molecule has 0 radical (unpaired) electrons. The van der Waals surface area contributed by atoms with Gasteiger partial charge in [0.1, 0.15) is 0 Å². The van der Waals surface area contributed by atoms with Gasteiger partial charge in [0.25, 0.3) is 0 Å². The van der Waals surface area contributed by atoms with E-state index in [4.69, 9.17) is 16.3 Å². The van der Waals surface area contributed by atoms with Crippen molar-refractivity contribution in [1.82, 2.24) is 4.90 Å². The maximum atomic E-state index is 5.27. The molecule has 1 rings (SSSR count). The van der Waals surface area contributed by atoms with E-state index in [9.17, 15) is 0 Å².